The fourth-order valence-electron chi connectivity index (χ4n) is 1.91. The third-order valence-electron chi connectivity index (χ3n) is 3.74. The fraction of sp³-hybridized carbons (Fsp3) is 0.500. The second-order valence-corrected chi connectivity index (χ2v) is 6.70. The average molecular weight is 299 g/mol. The van der Waals surface area contributed by atoms with Gasteiger partial charge in [-0.3, -0.25) is 4.79 Å². The van der Waals surface area contributed by atoms with E-state index >= 15 is 0 Å². The van der Waals surface area contributed by atoms with E-state index in [2.05, 4.69) is 4.72 Å². The highest BCUT2D eigenvalue weighted by molar-refractivity contribution is 7.89. The molecule has 0 radical (unpaired) electrons. The van der Waals surface area contributed by atoms with E-state index in [1.807, 2.05) is 6.92 Å². The Morgan fingerprint density at radius 1 is 1.20 bits per heavy atom. The number of aryl methyl sites for hydroxylation is 1. The number of carboxylic acid groups (broad SMARTS) is 1. The Morgan fingerprint density at radius 2 is 1.70 bits per heavy atom. The van der Waals surface area contributed by atoms with Gasteiger partial charge >= 0.3 is 5.97 Å². The fourth-order valence-corrected chi connectivity index (χ4v) is 3.04. The molecule has 1 aromatic rings. The van der Waals surface area contributed by atoms with Crippen molar-refractivity contribution in [2.75, 3.05) is 6.54 Å². The summed E-state index contributed by atoms with van der Waals surface area (Å²) in [4.78, 5) is 11.5. The number of aliphatic carboxylic acids is 1. The number of hydrogen-bond donors (Lipinski definition) is 2. The van der Waals surface area contributed by atoms with Crippen LogP contribution in [0.15, 0.2) is 29.2 Å². The Morgan fingerprint density at radius 3 is 2.10 bits per heavy atom. The normalized spacial score (nSPS) is 12.3. The van der Waals surface area contributed by atoms with Crippen molar-refractivity contribution in [3.8, 4) is 0 Å². The van der Waals surface area contributed by atoms with Gasteiger partial charge in [-0.05, 0) is 31.9 Å². The zero-order valence-corrected chi connectivity index (χ0v) is 12.8. The van der Waals surface area contributed by atoms with Gasteiger partial charge in [0.25, 0.3) is 0 Å². The number of benzene rings is 1. The molecule has 0 saturated carbocycles. The molecule has 0 unspecified atom stereocenters. The van der Waals surface area contributed by atoms with Crippen molar-refractivity contribution < 1.29 is 18.3 Å². The highest BCUT2D eigenvalue weighted by Gasteiger charge is 2.36. The Hall–Kier alpha value is -1.40. The molecule has 0 aliphatic heterocycles. The lowest BCUT2D eigenvalue weighted by Crippen LogP contribution is -2.42. The molecule has 1 aromatic carbocycles. The molecule has 6 heteroatoms. The molecule has 0 amide bonds. The van der Waals surface area contributed by atoms with Crippen LogP contribution >= 0.6 is 0 Å². The first-order valence-electron chi connectivity index (χ1n) is 6.57. The number of carbonyl (C=O) groups is 1. The highest BCUT2D eigenvalue weighted by Crippen LogP contribution is 2.26. The standard InChI is InChI=1S/C14H21NO4S/c1-4-14(5-2,13(16)17)10-15-20(18,19)12-8-6-11(3)7-9-12/h6-9,15H,4-5,10H2,1-3H3,(H,16,17). The van der Waals surface area contributed by atoms with Crippen LogP contribution in [0.2, 0.25) is 0 Å². The second-order valence-electron chi connectivity index (χ2n) is 4.93. The van der Waals surface area contributed by atoms with Crippen molar-refractivity contribution in [2.45, 2.75) is 38.5 Å². The minimum Gasteiger partial charge on any atom is -0.481 e. The number of sulfonamides is 1. The van der Waals surface area contributed by atoms with Crippen LogP contribution < -0.4 is 4.72 Å². The molecule has 0 heterocycles. The summed E-state index contributed by atoms with van der Waals surface area (Å²) in [5.41, 5.74) is -0.0939. The molecule has 0 fully saturated rings. The SMILES string of the molecule is CCC(CC)(CNS(=O)(=O)c1ccc(C)cc1)C(=O)O. The van der Waals surface area contributed by atoms with Crippen LogP contribution in [0.25, 0.3) is 0 Å². The molecule has 0 spiro atoms. The van der Waals surface area contributed by atoms with Crippen molar-refractivity contribution >= 4 is 16.0 Å². The molecule has 5 nitrogen and oxygen atoms in total. The molecule has 0 saturated heterocycles. The molecule has 112 valence electrons. The summed E-state index contributed by atoms with van der Waals surface area (Å²) >= 11 is 0. The Kier molecular flexibility index (Phi) is 5.30. The van der Waals surface area contributed by atoms with Gasteiger partial charge in [0.2, 0.25) is 10.0 Å². The van der Waals surface area contributed by atoms with Gasteiger partial charge in [0.15, 0.2) is 0 Å². The zero-order valence-electron chi connectivity index (χ0n) is 12.0. The first kappa shape index (κ1) is 16.7. The molecule has 0 aliphatic carbocycles. The van der Waals surface area contributed by atoms with E-state index in [0.29, 0.717) is 12.8 Å². The number of hydrogen-bond acceptors (Lipinski definition) is 3. The largest absolute Gasteiger partial charge is 0.481 e. The van der Waals surface area contributed by atoms with Crippen LogP contribution in [0, 0.1) is 12.3 Å². The maximum absolute atomic E-state index is 12.1. The number of nitrogens with one attached hydrogen (secondary N) is 1. The monoisotopic (exact) mass is 299 g/mol. The lowest BCUT2D eigenvalue weighted by molar-refractivity contribution is -0.149. The predicted octanol–water partition coefficient (Wildman–Crippen LogP) is 2.16. The third kappa shape index (κ3) is 3.58. The van der Waals surface area contributed by atoms with Gasteiger partial charge in [0.05, 0.1) is 10.3 Å². The molecular weight excluding hydrogens is 278 g/mol. The van der Waals surface area contributed by atoms with Gasteiger partial charge in [-0.1, -0.05) is 31.5 Å². The summed E-state index contributed by atoms with van der Waals surface area (Å²) in [5.74, 6) is -0.978. The number of carboxylic acids is 1. The van der Waals surface area contributed by atoms with E-state index in [-0.39, 0.29) is 11.4 Å². The van der Waals surface area contributed by atoms with Crippen molar-refractivity contribution in [1.29, 1.82) is 0 Å². The molecule has 0 aromatic heterocycles. The van der Waals surface area contributed by atoms with Gasteiger partial charge in [-0.2, -0.15) is 0 Å². The van der Waals surface area contributed by atoms with Gasteiger partial charge in [-0.15, -0.1) is 0 Å². The quantitative estimate of drug-likeness (QED) is 0.808. The van der Waals surface area contributed by atoms with Crippen molar-refractivity contribution in [3.63, 3.8) is 0 Å². The van der Waals surface area contributed by atoms with E-state index in [1.54, 1.807) is 26.0 Å². The van der Waals surface area contributed by atoms with Gasteiger partial charge in [-0.25, -0.2) is 13.1 Å². The summed E-state index contributed by atoms with van der Waals surface area (Å²) in [7, 11) is -3.68. The minimum atomic E-state index is -3.68. The van der Waals surface area contributed by atoms with Gasteiger partial charge in [0, 0.05) is 6.54 Å². The Balaban J connectivity index is 2.92. The second kappa shape index (κ2) is 6.37. The smallest absolute Gasteiger partial charge is 0.310 e. The van der Waals surface area contributed by atoms with Crippen LogP contribution in [0.5, 0.6) is 0 Å². The summed E-state index contributed by atoms with van der Waals surface area (Å²) in [6.07, 6.45) is 0.741. The molecule has 20 heavy (non-hydrogen) atoms. The first-order chi connectivity index (χ1) is 9.27. The van der Waals surface area contributed by atoms with Crippen molar-refractivity contribution in [2.24, 2.45) is 5.41 Å². The minimum absolute atomic E-state index is 0.106. The third-order valence-corrected chi connectivity index (χ3v) is 5.16. The van der Waals surface area contributed by atoms with Crippen LogP contribution in [-0.2, 0) is 14.8 Å². The number of rotatable bonds is 7. The van der Waals surface area contributed by atoms with Crippen LogP contribution in [0.4, 0.5) is 0 Å². The van der Waals surface area contributed by atoms with Gasteiger partial charge in [0.1, 0.15) is 0 Å². The summed E-state index contributed by atoms with van der Waals surface area (Å²) in [5, 5.41) is 9.29. The van der Waals surface area contributed by atoms with Crippen molar-refractivity contribution in [1.82, 2.24) is 4.72 Å². The van der Waals surface area contributed by atoms with E-state index < -0.39 is 21.4 Å². The molecule has 0 bridgehead atoms. The van der Waals surface area contributed by atoms with E-state index in [9.17, 15) is 18.3 Å². The predicted molar refractivity (Wildman–Crippen MR) is 77.0 cm³/mol. The Bertz CT molecular complexity index is 559. The van der Waals surface area contributed by atoms with E-state index in [4.69, 9.17) is 0 Å². The molecule has 0 aliphatic rings. The summed E-state index contributed by atoms with van der Waals surface area (Å²) in [6.45, 7) is 5.26. The molecule has 1 rings (SSSR count). The lowest BCUT2D eigenvalue weighted by Gasteiger charge is -2.26. The van der Waals surface area contributed by atoms with Crippen molar-refractivity contribution in [3.05, 3.63) is 29.8 Å². The first-order valence-corrected chi connectivity index (χ1v) is 8.05. The van der Waals surface area contributed by atoms with Crippen LogP contribution in [0.3, 0.4) is 0 Å². The van der Waals surface area contributed by atoms with Gasteiger partial charge < -0.3 is 5.11 Å². The highest BCUT2D eigenvalue weighted by atomic mass is 32.2. The maximum Gasteiger partial charge on any atom is 0.310 e. The van der Waals surface area contributed by atoms with E-state index in [0.717, 1.165) is 5.56 Å². The molecule has 2 N–H and O–H groups in total. The maximum atomic E-state index is 12.1. The van der Waals surface area contributed by atoms with Crippen LogP contribution in [0.1, 0.15) is 32.3 Å². The molecule has 0 atom stereocenters. The summed E-state index contributed by atoms with van der Waals surface area (Å²) in [6, 6.07) is 6.44. The lowest BCUT2D eigenvalue weighted by atomic mass is 9.83. The average Bonchev–Trinajstić information content (AvgIpc) is 2.40. The zero-order chi connectivity index (χ0) is 15.4. The Labute approximate surface area is 120 Å². The molecular formula is C14H21NO4S. The van der Waals surface area contributed by atoms with E-state index in [1.165, 1.54) is 12.1 Å². The van der Waals surface area contributed by atoms with Crippen LogP contribution in [-0.4, -0.2) is 26.0 Å². The summed E-state index contributed by atoms with van der Waals surface area (Å²) < 4.78 is 26.7. The topological polar surface area (TPSA) is 83.5 Å².